The molecule has 1 atom stereocenters. The first-order valence-electron chi connectivity index (χ1n) is 12.4. The second-order valence-electron chi connectivity index (χ2n) is 10.3. The van der Waals surface area contributed by atoms with Gasteiger partial charge in [-0.2, -0.15) is 4.98 Å². The van der Waals surface area contributed by atoms with Gasteiger partial charge in [0.2, 0.25) is 11.9 Å². The van der Waals surface area contributed by atoms with Gasteiger partial charge in [-0.05, 0) is 51.8 Å². The van der Waals surface area contributed by atoms with Gasteiger partial charge in [-0.3, -0.25) is 9.59 Å². The Labute approximate surface area is 212 Å². The number of nitrogens with one attached hydrogen (secondary N) is 2. The Bertz CT molecular complexity index is 1130. The summed E-state index contributed by atoms with van der Waals surface area (Å²) in [6.45, 7) is 6.32. The number of hydrogen-bond acceptors (Lipinski definition) is 8. The summed E-state index contributed by atoms with van der Waals surface area (Å²) < 4.78 is 5.52. The molecule has 194 valence electrons. The Morgan fingerprint density at radius 3 is 2.69 bits per heavy atom. The van der Waals surface area contributed by atoms with Gasteiger partial charge < -0.3 is 30.3 Å². The number of rotatable bonds is 7. The largest absolute Gasteiger partial charge is 0.495 e. The van der Waals surface area contributed by atoms with E-state index in [0.29, 0.717) is 41.2 Å². The predicted octanol–water partition coefficient (Wildman–Crippen LogP) is 3.09. The van der Waals surface area contributed by atoms with Crippen LogP contribution in [0, 0.1) is 5.41 Å². The Morgan fingerprint density at radius 1 is 1.31 bits per heavy atom. The summed E-state index contributed by atoms with van der Waals surface area (Å²) in [7, 11) is 3.31. The lowest BCUT2D eigenvalue weighted by Crippen LogP contribution is -2.45. The van der Waals surface area contributed by atoms with Crippen molar-refractivity contribution < 1.29 is 19.4 Å². The summed E-state index contributed by atoms with van der Waals surface area (Å²) in [5.41, 5.74) is 1.16. The van der Waals surface area contributed by atoms with Crippen molar-refractivity contribution in [2.45, 2.75) is 58.6 Å². The molecule has 1 aliphatic heterocycles. The van der Waals surface area contributed by atoms with Crippen molar-refractivity contribution in [1.29, 1.82) is 0 Å². The van der Waals surface area contributed by atoms with Gasteiger partial charge in [-0.1, -0.05) is 12.8 Å². The molecule has 1 aromatic carbocycles. The van der Waals surface area contributed by atoms with Crippen LogP contribution in [-0.4, -0.2) is 66.3 Å². The number of aliphatic hydroxyl groups is 1. The van der Waals surface area contributed by atoms with Gasteiger partial charge in [0.1, 0.15) is 11.4 Å². The number of methoxy groups -OCH3 is 1. The van der Waals surface area contributed by atoms with E-state index in [9.17, 15) is 14.7 Å². The highest BCUT2D eigenvalue weighted by Crippen LogP contribution is 2.40. The van der Waals surface area contributed by atoms with Gasteiger partial charge in [0, 0.05) is 31.7 Å². The number of benzene rings is 1. The van der Waals surface area contributed by atoms with E-state index in [2.05, 4.69) is 20.5 Å². The zero-order valence-corrected chi connectivity index (χ0v) is 21.7. The molecule has 2 aliphatic rings. The van der Waals surface area contributed by atoms with Gasteiger partial charge in [0.15, 0.2) is 5.82 Å². The van der Waals surface area contributed by atoms with Gasteiger partial charge in [0.25, 0.3) is 5.91 Å². The van der Waals surface area contributed by atoms with Gasteiger partial charge in [-0.15, -0.1) is 0 Å². The summed E-state index contributed by atoms with van der Waals surface area (Å²) in [6.07, 6.45) is 5.55. The van der Waals surface area contributed by atoms with E-state index in [1.807, 2.05) is 13.8 Å². The Hall–Kier alpha value is -3.40. The van der Waals surface area contributed by atoms with Crippen LogP contribution in [0.25, 0.3) is 0 Å². The van der Waals surface area contributed by atoms with E-state index in [-0.39, 0.29) is 18.4 Å². The SMILES string of the molecule is COc1cc(C(=O)NC[C@H](C)O)ccc1Nc1ncc2c(n1)N(C1CCCC1)CC(C)(C)C(=O)N2C. The lowest BCUT2D eigenvalue weighted by atomic mass is 9.91. The van der Waals surface area contributed by atoms with Crippen LogP contribution < -0.4 is 25.2 Å². The molecule has 36 heavy (non-hydrogen) atoms. The van der Waals surface area contributed by atoms with Crippen LogP contribution in [-0.2, 0) is 4.79 Å². The van der Waals surface area contributed by atoms with E-state index >= 15 is 0 Å². The Kier molecular flexibility index (Phi) is 7.35. The van der Waals surface area contributed by atoms with E-state index in [0.717, 1.165) is 18.7 Å². The maximum absolute atomic E-state index is 13.2. The van der Waals surface area contributed by atoms with Gasteiger partial charge in [0.05, 0.1) is 30.5 Å². The van der Waals surface area contributed by atoms with E-state index in [4.69, 9.17) is 9.72 Å². The van der Waals surface area contributed by atoms with Crippen molar-refractivity contribution in [3.8, 4) is 5.75 Å². The Morgan fingerprint density at radius 2 is 2.03 bits per heavy atom. The van der Waals surface area contributed by atoms with Crippen molar-refractivity contribution >= 4 is 35.0 Å². The van der Waals surface area contributed by atoms with Crippen molar-refractivity contribution in [3.63, 3.8) is 0 Å². The van der Waals surface area contributed by atoms with Crippen molar-refractivity contribution in [2.75, 3.05) is 42.4 Å². The minimum absolute atomic E-state index is 0.0414. The summed E-state index contributed by atoms with van der Waals surface area (Å²) in [5, 5.41) is 15.3. The van der Waals surface area contributed by atoms with Crippen LogP contribution in [0.4, 0.5) is 23.1 Å². The van der Waals surface area contributed by atoms with Crippen LogP contribution in [0.1, 0.15) is 56.8 Å². The second-order valence-corrected chi connectivity index (χ2v) is 10.3. The van der Waals surface area contributed by atoms with E-state index in [1.54, 1.807) is 43.3 Å². The van der Waals surface area contributed by atoms with Crippen LogP contribution in [0.2, 0.25) is 0 Å². The average molecular weight is 497 g/mol. The number of carbonyl (C=O) groups is 2. The summed E-state index contributed by atoms with van der Waals surface area (Å²) in [5.74, 6) is 1.32. The summed E-state index contributed by atoms with van der Waals surface area (Å²) in [4.78, 5) is 38.9. The van der Waals surface area contributed by atoms with Gasteiger partial charge in [-0.25, -0.2) is 4.98 Å². The molecule has 2 aromatic rings. The maximum Gasteiger partial charge on any atom is 0.251 e. The molecule has 1 aromatic heterocycles. The number of ether oxygens (including phenoxy) is 1. The molecule has 4 rings (SSSR count). The number of amides is 2. The molecular formula is C26H36N6O4. The predicted molar refractivity (Wildman–Crippen MR) is 139 cm³/mol. The highest BCUT2D eigenvalue weighted by Gasteiger charge is 2.41. The highest BCUT2D eigenvalue weighted by atomic mass is 16.5. The first kappa shape index (κ1) is 25.7. The smallest absolute Gasteiger partial charge is 0.251 e. The topological polar surface area (TPSA) is 120 Å². The first-order chi connectivity index (χ1) is 17.1. The first-order valence-corrected chi connectivity index (χ1v) is 12.4. The van der Waals surface area contributed by atoms with Crippen LogP contribution in [0.15, 0.2) is 24.4 Å². The monoisotopic (exact) mass is 496 g/mol. The average Bonchev–Trinajstić information content (AvgIpc) is 3.37. The molecule has 1 saturated carbocycles. The van der Waals surface area contributed by atoms with Crippen molar-refractivity contribution in [2.24, 2.45) is 5.41 Å². The number of fused-ring (bicyclic) bond motifs is 1. The van der Waals surface area contributed by atoms with E-state index < -0.39 is 11.5 Å². The standard InChI is InChI=1S/C26H36N6O4/c1-16(33)13-27-23(34)17-10-11-19(21(12-17)36-5)29-25-28-14-20-22(30-25)32(18-8-6-7-9-18)15-26(2,3)24(35)31(20)4/h10-12,14,16,18,33H,6-9,13,15H2,1-5H3,(H,27,34)(H,28,29,30)/t16-/m0/s1. The van der Waals surface area contributed by atoms with Crippen molar-refractivity contribution in [3.05, 3.63) is 30.0 Å². The lowest BCUT2D eigenvalue weighted by molar-refractivity contribution is -0.125. The van der Waals surface area contributed by atoms with Crippen molar-refractivity contribution in [1.82, 2.24) is 15.3 Å². The fourth-order valence-electron chi connectivity index (χ4n) is 4.92. The number of hydrogen-bond donors (Lipinski definition) is 3. The molecule has 10 heteroatoms. The quantitative estimate of drug-likeness (QED) is 0.535. The molecule has 2 amide bonds. The molecule has 2 heterocycles. The fraction of sp³-hybridized carbons (Fsp3) is 0.538. The Balaban J connectivity index is 1.65. The molecule has 3 N–H and O–H groups in total. The molecule has 0 radical (unpaired) electrons. The molecule has 1 fully saturated rings. The third-order valence-electron chi connectivity index (χ3n) is 6.87. The summed E-state index contributed by atoms with van der Waals surface area (Å²) in [6, 6.07) is 5.37. The third kappa shape index (κ3) is 5.23. The molecular weight excluding hydrogens is 460 g/mol. The minimum atomic E-state index is -0.633. The molecule has 0 saturated heterocycles. The molecule has 0 unspecified atom stereocenters. The zero-order chi connectivity index (χ0) is 26.0. The molecule has 0 spiro atoms. The number of carbonyl (C=O) groups excluding carboxylic acids is 2. The number of aliphatic hydroxyl groups excluding tert-OH is 1. The molecule has 0 bridgehead atoms. The van der Waals surface area contributed by atoms with Crippen LogP contribution in [0.5, 0.6) is 5.75 Å². The minimum Gasteiger partial charge on any atom is -0.495 e. The van der Waals surface area contributed by atoms with Gasteiger partial charge >= 0.3 is 0 Å². The van der Waals surface area contributed by atoms with Crippen LogP contribution >= 0.6 is 0 Å². The molecule has 1 aliphatic carbocycles. The lowest BCUT2D eigenvalue weighted by Gasteiger charge is -2.34. The van der Waals surface area contributed by atoms with E-state index in [1.165, 1.54) is 20.0 Å². The zero-order valence-electron chi connectivity index (χ0n) is 21.7. The van der Waals surface area contributed by atoms with Crippen LogP contribution in [0.3, 0.4) is 0 Å². The summed E-state index contributed by atoms with van der Waals surface area (Å²) >= 11 is 0. The number of anilines is 4. The fourth-order valence-corrected chi connectivity index (χ4v) is 4.92. The third-order valence-corrected chi connectivity index (χ3v) is 6.87. The normalized spacial score (nSPS) is 18.4. The number of aromatic nitrogens is 2. The second kappa shape index (κ2) is 10.3. The highest BCUT2D eigenvalue weighted by molar-refractivity contribution is 6.01. The molecule has 10 nitrogen and oxygen atoms in total. The number of nitrogens with zero attached hydrogens (tertiary/aromatic N) is 4. The maximum atomic E-state index is 13.2.